The lowest BCUT2D eigenvalue weighted by Crippen LogP contribution is -1.95. The normalized spacial score (nSPS) is 11.1. The molecule has 1 N–H and O–H groups in total. The predicted octanol–water partition coefficient (Wildman–Crippen LogP) is 4.63. The molecular formula is C22H16FN5O. The van der Waals surface area contributed by atoms with Gasteiger partial charge in [0.05, 0.1) is 23.9 Å². The number of ether oxygens (including phenoxy) is 1. The molecule has 0 saturated carbocycles. The zero-order valence-electron chi connectivity index (χ0n) is 15.5. The number of methoxy groups -OCH3 is 1. The lowest BCUT2D eigenvalue weighted by molar-refractivity contribution is 0.414. The number of hydrogen-bond acceptors (Lipinski definition) is 4. The molecule has 0 atom stereocenters. The zero-order valence-corrected chi connectivity index (χ0v) is 15.5. The number of pyridine rings is 1. The Morgan fingerprint density at radius 1 is 1.03 bits per heavy atom. The lowest BCUT2D eigenvalue weighted by Gasteiger charge is -2.03. The van der Waals surface area contributed by atoms with E-state index in [4.69, 9.17) is 9.84 Å². The fraction of sp³-hybridized carbons (Fsp3) is 0.0455. The summed E-state index contributed by atoms with van der Waals surface area (Å²) < 4.78 is 20.9. The van der Waals surface area contributed by atoms with Gasteiger partial charge in [0.15, 0.2) is 5.65 Å². The Morgan fingerprint density at radius 2 is 1.90 bits per heavy atom. The summed E-state index contributed by atoms with van der Waals surface area (Å²) in [5.41, 5.74) is 4.34. The van der Waals surface area contributed by atoms with Gasteiger partial charge in [0.2, 0.25) is 0 Å². The molecule has 142 valence electrons. The van der Waals surface area contributed by atoms with E-state index >= 15 is 0 Å². The Hall–Kier alpha value is -4.00. The first-order valence-corrected chi connectivity index (χ1v) is 9.02. The standard InChI is InChI=1S/C22H16FN5O/c1-29-17-9-7-16(8-10-17)28-13-18(20(27-28)14-4-2-5-15(23)12-14)21-25-19-6-3-11-24-22(19)26-21/h2-13H,1H3,(H,24,25,26). The second-order valence-corrected chi connectivity index (χ2v) is 6.50. The predicted molar refractivity (Wildman–Crippen MR) is 108 cm³/mol. The number of benzene rings is 2. The van der Waals surface area contributed by atoms with E-state index in [1.807, 2.05) is 48.7 Å². The van der Waals surface area contributed by atoms with Gasteiger partial charge in [-0.05, 0) is 48.5 Å². The molecule has 7 heteroatoms. The van der Waals surface area contributed by atoms with Crippen LogP contribution in [0, 0.1) is 5.82 Å². The maximum absolute atomic E-state index is 13.9. The molecule has 3 aromatic heterocycles. The van der Waals surface area contributed by atoms with Crippen LogP contribution in [0.25, 0.3) is 39.5 Å². The molecule has 2 aromatic carbocycles. The minimum absolute atomic E-state index is 0.321. The van der Waals surface area contributed by atoms with Crippen LogP contribution in [0.1, 0.15) is 0 Å². The number of H-pyrrole nitrogens is 1. The highest BCUT2D eigenvalue weighted by Gasteiger charge is 2.18. The molecule has 6 nitrogen and oxygen atoms in total. The molecule has 0 radical (unpaired) electrons. The molecule has 0 spiro atoms. The number of fused-ring (bicyclic) bond motifs is 1. The number of nitrogens with one attached hydrogen (secondary N) is 1. The van der Waals surface area contributed by atoms with Crippen molar-refractivity contribution in [3.63, 3.8) is 0 Å². The number of hydrogen-bond donors (Lipinski definition) is 1. The van der Waals surface area contributed by atoms with Crippen molar-refractivity contribution in [2.45, 2.75) is 0 Å². The monoisotopic (exact) mass is 385 g/mol. The Bertz CT molecular complexity index is 1270. The summed E-state index contributed by atoms with van der Waals surface area (Å²) in [6.07, 6.45) is 3.57. The SMILES string of the molecule is COc1ccc(-n2cc(-c3nc4ncccc4[nH]3)c(-c3cccc(F)c3)n2)cc1. The first-order chi connectivity index (χ1) is 14.2. The molecule has 0 aliphatic heterocycles. The first-order valence-electron chi connectivity index (χ1n) is 9.02. The topological polar surface area (TPSA) is 68.6 Å². The van der Waals surface area contributed by atoms with Gasteiger partial charge in [0, 0.05) is 18.0 Å². The summed E-state index contributed by atoms with van der Waals surface area (Å²) in [5, 5.41) is 4.72. The molecule has 5 aromatic rings. The van der Waals surface area contributed by atoms with Gasteiger partial charge >= 0.3 is 0 Å². The minimum atomic E-state index is -0.321. The number of aromatic nitrogens is 5. The zero-order chi connectivity index (χ0) is 19.8. The summed E-state index contributed by atoms with van der Waals surface area (Å²) in [4.78, 5) is 12.2. The van der Waals surface area contributed by atoms with Gasteiger partial charge in [-0.2, -0.15) is 5.10 Å². The van der Waals surface area contributed by atoms with Crippen molar-refractivity contribution in [2.24, 2.45) is 0 Å². The van der Waals surface area contributed by atoms with E-state index in [2.05, 4.69) is 15.0 Å². The first kappa shape index (κ1) is 17.1. The molecular weight excluding hydrogens is 369 g/mol. The number of aromatic amines is 1. The average molecular weight is 385 g/mol. The van der Waals surface area contributed by atoms with Crippen LogP contribution in [0.3, 0.4) is 0 Å². The van der Waals surface area contributed by atoms with Crippen LogP contribution in [0.2, 0.25) is 0 Å². The lowest BCUT2D eigenvalue weighted by atomic mass is 10.1. The molecule has 0 saturated heterocycles. The van der Waals surface area contributed by atoms with E-state index in [0.29, 0.717) is 22.7 Å². The quantitative estimate of drug-likeness (QED) is 0.490. The van der Waals surface area contributed by atoms with E-state index in [1.54, 1.807) is 24.1 Å². The average Bonchev–Trinajstić information content (AvgIpc) is 3.38. The second kappa shape index (κ2) is 6.87. The fourth-order valence-electron chi connectivity index (χ4n) is 3.24. The van der Waals surface area contributed by atoms with Crippen molar-refractivity contribution in [3.05, 3.63) is 78.9 Å². The Balaban J connectivity index is 1.69. The van der Waals surface area contributed by atoms with E-state index < -0.39 is 0 Å². The fourth-order valence-corrected chi connectivity index (χ4v) is 3.24. The molecule has 0 amide bonds. The largest absolute Gasteiger partial charge is 0.497 e. The maximum atomic E-state index is 13.9. The van der Waals surface area contributed by atoms with Crippen LogP contribution in [-0.2, 0) is 0 Å². The maximum Gasteiger partial charge on any atom is 0.178 e. The Morgan fingerprint density at radius 3 is 2.66 bits per heavy atom. The van der Waals surface area contributed by atoms with Crippen molar-refractivity contribution < 1.29 is 9.13 Å². The highest BCUT2D eigenvalue weighted by atomic mass is 19.1. The molecule has 3 heterocycles. The third-order valence-electron chi connectivity index (χ3n) is 4.66. The van der Waals surface area contributed by atoms with E-state index in [0.717, 1.165) is 22.5 Å². The van der Waals surface area contributed by atoms with Crippen molar-refractivity contribution >= 4 is 11.2 Å². The third kappa shape index (κ3) is 3.12. The molecule has 0 aliphatic rings. The van der Waals surface area contributed by atoms with Gasteiger partial charge in [0.25, 0.3) is 0 Å². The Kier molecular flexibility index (Phi) is 4.05. The molecule has 0 fully saturated rings. The number of halogens is 1. The van der Waals surface area contributed by atoms with Crippen molar-refractivity contribution in [1.82, 2.24) is 24.7 Å². The number of nitrogens with zero attached hydrogens (tertiary/aromatic N) is 4. The van der Waals surface area contributed by atoms with Gasteiger partial charge in [0.1, 0.15) is 23.1 Å². The van der Waals surface area contributed by atoms with E-state index in [-0.39, 0.29) is 5.82 Å². The van der Waals surface area contributed by atoms with Crippen LogP contribution >= 0.6 is 0 Å². The molecule has 29 heavy (non-hydrogen) atoms. The smallest absolute Gasteiger partial charge is 0.178 e. The summed E-state index contributed by atoms with van der Waals surface area (Å²) in [6, 6.07) is 17.7. The summed E-state index contributed by atoms with van der Waals surface area (Å²) >= 11 is 0. The van der Waals surface area contributed by atoms with Gasteiger partial charge in [-0.15, -0.1) is 0 Å². The third-order valence-corrected chi connectivity index (χ3v) is 4.66. The van der Waals surface area contributed by atoms with E-state index in [1.165, 1.54) is 12.1 Å². The van der Waals surface area contributed by atoms with Crippen molar-refractivity contribution in [1.29, 1.82) is 0 Å². The van der Waals surface area contributed by atoms with Gasteiger partial charge < -0.3 is 9.72 Å². The summed E-state index contributed by atoms with van der Waals surface area (Å²) in [5.74, 6) is 1.06. The van der Waals surface area contributed by atoms with Gasteiger partial charge in [-0.1, -0.05) is 12.1 Å². The molecule has 0 bridgehead atoms. The molecule has 5 rings (SSSR count). The van der Waals surface area contributed by atoms with Crippen LogP contribution in [0.5, 0.6) is 5.75 Å². The molecule has 0 aliphatic carbocycles. The summed E-state index contributed by atoms with van der Waals surface area (Å²) in [6.45, 7) is 0. The highest BCUT2D eigenvalue weighted by molar-refractivity contribution is 5.82. The number of imidazole rings is 1. The summed E-state index contributed by atoms with van der Waals surface area (Å²) in [7, 11) is 1.62. The Labute approximate surface area is 165 Å². The van der Waals surface area contributed by atoms with Crippen LogP contribution in [0.4, 0.5) is 4.39 Å². The van der Waals surface area contributed by atoms with Gasteiger partial charge in [-0.25, -0.2) is 19.0 Å². The minimum Gasteiger partial charge on any atom is -0.497 e. The van der Waals surface area contributed by atoms with Crippen molar-refractivity contribution in [2.75, 3.05) is 7.11 Å². The second-order valence-electron chi connectivity index (χ2n) is 6.50. The van der Waals surface area contributed by atoms with Gasteiger partial charge in [-0.3, -0.25) is 0 Å². The van der Waals surface area contributed by atoms with E-state index in [9.17, 15) is 4.39 Å². The van der Waals surface area contributed by atoms with Crippen LogP contribution in [-0.4, -0.2) is 31.8 Å². The van der Waals surface area contributed by atoms with Crippen LogP contribution < -0.4 is 4.74 Å². The van der Waals surface area contributed by atoms with Crippen LogP contribution in [0.15, 0.2) is 73.1 Å². The highest BCUT2D eigenvalue weighted by Crippen LogP contribution is 2.32. The van der Waals surface area contributed by atoms with Crippen molar-refractivity contribution in [3.8, 4) is 34.1 Å². The number of rotatable bonds is 4. The molecule has 0 unspecified atom stereocenters.